The van der Waals surface area contributed by atoms with Gasteiger partial charge in [-0.15, -0.1) is 17.9 Å². The standard InChI is InChI=1S/C28H31FN2O4S/c1-2-14-30(17-22(32)19-34-23-6-4-3-5-7-23)18-28(33)31-15-12-27-25(13-16-36-27)26(31)20-35-24-10-8-21(29)9-11-24/h2-11,13,16,22,26,32H,1,12,14-15,17-20H2/t22-,26+/m0/s1. The third kappa shape index (κ3) is 6.94. The van der Waals surface area contributed by atoms with Gasteiger partial charge in [0.25, 0.3) is 0 Å². The molecular weight excluding hydrogens is 479 g/mol. The third-order valence-electron chi connectivity index (χ3n) is 6.04. The molecule has 8 heteroatoms. The van der Waals surface area contributed by atoms with Crippen molar-refractivity contribution in [3.63, 3.8) is 0 Å². The first-order chi connectivity index (χ1) is 17.5. The maximum Gasteiger partial charge on any atom is 0.237 e. The zero-order valence-corrected chi connectivity index (χ0v) is 20.9. The summed E-state index contributed by atoms with van der Waals surface area (Å²) in [7, 11) is 0. The van der Waals surface area contributed by atoms with E-state index in [1.165, 1.54) is 17.0 Å². The number of benzene rings is 2. The van der Waals surface area contributed by atoms with Crippen LogP contribution in [0.2, 0.25) is 0 Å². The molecule has 1 aromatic heterocycles. The molecule has 2 aromatic carbocycles. The fourth-order valence-corrected chi connectivity index (χ4v) is 5.24. The van der Waals surface area contributed by atoms with Crippen molar-refractivity contribution in [1.82, 2.24) is 9.80 Å². The Morgan fingerprint density at radius 1 is 1.17 bits per heavy atom. The molecule has 1 aliphatic heterocycles. The van der Waals surface area contributed by atoms with Gasteiger partial charge in [0.1, 0.15) is 36.6 Å². The molecule has 1 N–H and O–H groups in total. The highest BCUT2D eigenvalue weighted by Crippen LogP contribution is 2.34. The van der Waals surface area contributed by atoms with Crippen LogP contribution in [0.3, 0.4) is 0 Å². The SMILES string of the molecule is C=CCN(CC(=O)N1CCc2sccc2[C@H]1COc1ccc(F)cc1)C[C@H](O)COc1ccccc1. The first-order valence-corrected chi connectivity index (χ1v) is 12.8. The van der Waals surface area contributed by atoms with E-state index in [1.807, 2.05) is 51.6 Å². The van der Waals surface area contributed by atoms with Crippen LogP contribution in [0.15, 0.2) is 78.7 Å². The quantitative estimate of drug-likeness (QED) is 0.368. The van der Waals surface area contributed by atoms with Gasteiger partial charge >= 0.3 is 0 Å². The van der Waals surface area contributed by atoms with E-state index in [1.54, 1.807) is 29.5 Å². The van der Waals surface area contributed by atoms with Crippen LogP contribution in [0.1, 0.15) is 16.5 Å². The summed E-state index contributed by atoms with van der Waals surface area (Å²) < 4.78 is 24.9. The van der Waals surface area contributed by atoms with Crippen molar-refractivity contribution in [2.24, 2.45) is 0 Å². The van der Waals surface area contributed by atoms with Crippen molar-refractivity contribution in [2.45, 2.75) is 18.6 Å². The monoisotopic (exact) mass is 510 g/mol. The van der Waals surface area contributed by atoms with Crippen LogP contribution in [0.4, 0.5) is 4.39 Å². The molecule has 0 aliphatic carbocycles. The number of amides is 1. The predicted octanol–water partition coefficient (Wildman–Crippen LogP) is 4.32. The van der Waals surface area contributed by atoms with Crippen LogP contribution in [-0.2, 0) is 11.2 Å². The van der Waals surface area contributed by atoms with Gasteiger partial charge in [0.05, 0.1) is 12.6 Å². The van der Waals surface area contributed by atoms with Gasteiger partial charge < -0.3 is 19.5 Å². The summed E-state index contributed by atoms with van der Waals surface area (Å²) in [5, 5.41) is 12.6. The Kier molecular flexibility index (Phi) is 9.11. The Morgan fingerprint density at radius 2 is 1.92 bits per heavy atom. The summed E-state index contributed by atoms with van der Waals surface area (Å²) in [6, 6.07) is 17.0. The van der Waals surface area contributed by atoms with Crippen LogP contribution in [0.5, 0.6) is 11.5 Å². The number of carbonyl (C=O) groups excluding carboxylic acids is 1. The van der Waals surface area contributed by atoms with E-state index in [9.17, 15) is 14.3 Å². The number of ether oxygens (including phenoxy) is 2. The summed E-state index contributed by atoms with van der Waals surface area (Å²) in [6.07, 6.45) is 1.75. The Morgan fingerprint density at radius 3 is 2.67 bits per heavy atom. The average molecular weight is 511 g/mol. The Balaban J connectivity index is 1.39. The molecule has 4 rings (SSSR count). The van der Waals surface area contributed by atoms with Gasteiger partial charge in [-0.25, -0.2) is 4.39 Å². The molecule has 190 valence electrons. The topological polar surface area (TPSA) is 62.2 Å². The number of hydrogen-bond donors (Lipinski definition) is 1. The fraction of sp³-hybridized carbons (Fsp3) is 0.321. The normalized spacial score (nSPS) is 15.9. The second kappa shape index (κ2) is 12.7. The predicted molar refractivity (Wildman–Crippen MR) is 139 cm³/mol. The summed E-state index contributed by atoms with van der Waals surface area (Å²) in [6.45, 7) is 5.67. The molecule has 0 bridgehead atoms. The van der Waals surface area contributed by atoms with E-state index < -0.39 is 6.10 Å². The maximum atomic E-state index is 13.5. The lowest BCUT2D eigenvalue weighted by molar-refractivity contribution is -0.136. The smallest absolute Gasteiger partial charge is 0.237 e. The van der Waals surface area contributed by atoms with Gasteiger partial charge in [-0.2, -0.15) is 0 Å². The highest BCUT2D eigenvalue weighted by Gasteiger charge is 2.33. The lowest BCUT2D eigenvalue weighted by Crippen LogP contribution is -2.48. The van der Waals surface area contributed by atoms with Crippen LogP contribution in [0.25, 0.3) is 0 Å². The number of nitrogens with zero attached hydrogens (tertiary/aromatic N) is 2. The van der Waals surface area contributed by atoms with Crippen LogP contribution < -0.4 is 9.47 Å². The van der Waals surface area contributed by atoms with E-state index in [2.05, 4.69) is 6.58 Å². The Bertz CT molecular complexity index is 1120. The second-order valence-electron chi connectivity index (χ2n) is 8.68. The molecule has 36 heavy (non-hydrogen) atoms. The van der Waals surface area contributed by atoms with Gasteiger partial charge in [0.15, 0.2) is 0 Å². The first-order valence-electron chi connectivity index (χ1n) is 12.0. The first kappa shape index (κ1) is 25.9. The van der Waals surface area contributed by atoms with Crippen molar-refractivity contribution < 1.29 is 23.8 Å². The Labute approximate surface area is 215 Å². The summed E-state index contributed by atoms with van der Waals surface area (Å²) >= 11 is 1.69. The molecule has 0 spiro atoms. The molecule has 0 radical (unpaired) electrons. The molecule has 2 heterocycles. The third-order valence-corrected chi connectivity index (χ3v) is 7.03. The van der Waals surface area contributed by atoms with Gasteiger partial charge in [0.2, 0.25) is 5.91 Å². The zero-order chi connectivity index (χ0) is 25.3. The lowest BCUT2D eigenvalue weighted by atomic mass is 10.0. The number of rotatable bonds is 12. The average Bonchev–Trinajstić information content (AvgIpc) is 3.37. The summed E-state index contributed by atoms with van der Waals surface area (Å²) in [4.78, 5) is 18.4. The minimum absolute atomic E-state index is 0.0439. The van der Waals surface area contributed by atoms with Crippen LogP contribution >= 0.6 is 11.3 Å². The molecule has 6 nitrogen and oxygen atoms in total. The van der Waals surface area contributed by atoms with Crippen molar-refractivity contribution in [2.75, 3.05) is 39.4 Å². The van der Waals surface area contributed by atoms with E-state index >= 15 is 0 Å². The van der Waals surface area contributed by atoms with Crippen molar-refractivity contribution in [3.8, 4) is 11.5 Å². The number of halogens is 1. The largest absolute Gasteiger partial charge is 0.491 e. The number of aliphatic hydroxyl groups is 1. The van der Waals surface area contributed by atoms with Gasteiger partial charge in [0, 0.05) is 24.5 Å². The van der Waals surface area contributed by atoms with Gasteiger partial charge in [-0.1, -0.05) is 24.3 Å². The van der Waals surface area contributed by atoms with E-state index in [-0.39, 0.29) is 44.1 Å². The molecule has 3 aromatic rings. The molecule has 1 aliphatic rings. The zero-order valence-electron chi connectivity index (χ0n) is 20.1. The molecule has 0 fully saturated rings. The molecule has 0 saturated carbocycles. The van der Waals surface area contributed by atoms with E-state index in [0.717, 1.165) is 12.0 Å². The maximum absolute atomic E-state index is 13.5. The number of thiophene rings is 1. The molecule has 0 unspecified atom stereocenters. The van der Waals surface area contributed by atoms with Crippen molar-refractivity contribution in [1.29, 1.82) is 0 Å². The molecular formula is C28H31FN2O4S. The van der Waals surface area contributed by atoms with E-state index in [0.29, 0.717) is 24.6 Å². The fourth-order valence-electron chi connectivity index (χ4n) is 4.31. The van der Waals surface area contributed by atoms with Gasteiger partial charge in [-0.3, -0.25) is 9.69 Å². The number of carbonyl (C=O) groups is 1. The lowest BCUT2D eigenvalue weighted by Gasteiger charge is -2.37. The molecule has 0 saturated heterocycles. The molecule has 2 atom stereocenters. The number of hydrogen-bond acceptors (Lipinski definition) is 6. The number of para-hydroxylation sites is 1. The number of fused-ring (bicyclic) bond motifs is 1. The van der Waals surface area contributed by atoms with Crippen molar-refractivity contribution >= 4 is 17.2 Å². The van der Waals surface area contributed by atoms with Crippen molar-refractivity contribution in [3.05, 3.63) is 95.0 Å². The minimum Gasteiger partial charge on any atom is -0.491 e. The Hall–Kier alpha value is -3.20. The summed E-state index contributed by atoms with van der Waals surface area (Å²) in [5.74, 6) is 0.876. The highest BCUT2D eigenvalue weighted by molar-refractivity contribution is 7.10. The molecule has 1 amide bonds. The number of aliphatic hydroxyl groups excluding tert-OH is 1. The van der Waals surface area contributed by atoms with E-state index in [4.69, 9.17) is 9.47 Å². The summed E-state index contributed by atoms with van der Waals surface area (Å²) in [5.41, 5.74) is 1.09. The van der Waals surface area contributed by atoms with Crippen LogP contribution in [-0.4, -0.2) is 66.3 Å². The van der Waals surface area contributed by atoms with Crippen LogP contribution in [0, 0.1) is 5.82 Å². The second-order valence-corrected chi connectivity index (χ2v) is 9.68. The highest BCUT2D eigenvalue weighted by atomic mass is 32.1. The van der Waals surface area contributed by atoms with Gasteiger partial charge in [-0.05, 0) is 59.8 Å². The minimum atomic E-state index is -0.764.